The summed E-state index contributed by atoms with van der Waals surface area (Å²) in [6, 6.07) is 21.9. The molecular formula is C50H56F2N10O6S2. The van der Waals surface area contributed by atoms with Crippen LogP contribution in [0.25, 0.3) is 21.8 Å². The number of halogens is 2. The first-order valence-corrected chi connectivity index (χ1v) is 25.2. The van der Waals surface area contributed by atoms with E-state index in [0.717, 1.165) is 54.1 Å². The number of pyridine rings is 4. The van der Waals surface area contributed by atoms with Crippen LogP contribution in [0, 0.1) is 0 Å². The summed E-state index contributed by atoms with van der Waals surface area (Å²) in [6.07, 6.45) is 0.929. The third kappa shape index (κ3) is 11.9. The number of thioether (sulfide) groups is 2. The number of piperidine rings is 2. The van der Waals surface area contributed by atoms with Crippen molar-refractivity contribution in [1.82, 2.24) is 40.4 Å². The number of hydrogen-bond acceptors (Lipinski definition) is 16. The highest BCUT2D eigenvalue weighted by atomic mass is 32.2. The molecule has 2 amide bonds. The van der Waals surface area contributed by atoms with Crippen molar-refractivity contribution in [3.8, 4) is 11.5 Å². The van der Waals surface area contributed by atoms with Crippen molar-refractivity contribution in [1.29, 1.82) is 0 Å². The Labute approximate surface area is 412 Å². The molecule has 0 radical (unpaired) electrons. The van der Waals surface area contributed by atoms with Crippen LogP contribution < -0.4 is 30.7 Å². The summed E-state index contributed by atoms with van der Waals surface area (Å²) in [5, 5.41) is 35.7. The second-order valence-corrected chi connectivity index (χ2v) is 19.7. The first kappa shape index (κ1) is 49.4. The molecule has 8 heterocycles. The number of benzene rings is 2. The van der Waals surface area contributed by atoms with E-state index in [9.17, 15) is 19.8 Å². The summed E-state index contributed by atoms with van der Waals surface area (Å²) in [4.78, 5) is 46.8. The highest BCUT2D eigenvalue weighted by Crippen LogP contribution is 2.33. The maximum atomic E-state index is 15.0. The van der Waals surface area contributed by atoms with Crippen LogP contribution in [0.4, 0.5) is 20.4 Å². The van der Waals surface area contributed by atoms with E-state index in [-0.39, 0.29) is 37.0 Å². The third-order valence-electron chi connectivity index (χ3n) is 13.0. The number of anilines is 2. The molecule has 2 aromatic carbocycles. The number of carbonyl (C=O) groups excluding carboxylic acids is 2. The summed E-state index contributed by atoms with van der Waals surface area (Å²) in [5.74, 6) is 3.23. The molecule has 10 rings (SSSR count). The Morgan fingerprint density at radius 3 is 1.53 bits per heavy atom. The quantitative estimate of drug-likeness (QED) is 0.0761. The zero-order valence-corrected chi connectivity index (χ0v) is 40.4. The van der Waals surface area contributed by atoms with Crippen molar-refractivity contribution >= 4 is 68.8 Å². The van der Waals surface area contributed by atoms with Crippen molar-refractivity contribution in [2.75, 3.05) is 75.6 Å². The van der Waals surface area contributed by atoms with Crippen LogP contribution in [-0.2, 0) is 22.7 Å². The summed E-state index contributed by atoms with van der Waals surface area (Å²) in [6.45, 7) is 3.35. The number of ether oxygens (including phenoxy) is 2. The fourth-order valence-corrected chi connectivity index (χ4v) is 10.7. The Morgan fingerprint density at radius 1 is 0.671 bits per heavy atom. The van der Waals surface area contributed by atoms with E-state index in [0.29, 0.717) is 86.8 Å². The number of aromatic nitrogens is 4. The minimum absolute atomic E-state index is 0.0580. The normalized spacial score (nSPS) is 21.4. The average Bonchev–Trinajstić information content (AvgIpc) is 3.37. The molecule has 0 bridgehead atoms. The third-order valence-corrected chi connectivity index (χ3v) is 15.0. The largest absolute Gasteiger partial charge is 0.497 e. The monoisotopic (exact) mass is 994 g/mol. The van der Waals surface area contributed by atoms with Crippen molar-refractivity contribution in [2.24, 2.45) is 0 Å². The van der Waals surface area contributed by atoms with E-state index >= 15 is 8.78 Å². The molecule has 70 heavy (non-hydrogen) atoms. The van der Waals surface area contributed by atoms with Crippen LogP contribution >= 0.6 is 23.5 Å². The zero-order chi connectivity index (χ0) is 48.7. The predicted molar refractivity (Wildman–Crippen MR) is 267 cm³/mol. The van der Waals surface area contributed by atoms with Crippen molar-refractivity contribution < 1.29 is 38.1 Å². The lowest BCUT2D eigenvalue weighted by Gasteiger charge is -2.36. The van der Waals surface area contributed by atoms with Gasteiger partial charge in [0.25, 0.3) is 0 Å². The number of rotatable bonds is 14. The number of aliphatic hydroxyl groups excluding tert-OH is 2. The maximum absolute atomic E-state index is 15.0. The van der Waals surface area contributed by atoms with Gasteiger partial charge in [-0.3, -0.25) is 29.4 Å². The molecule has 6 atom stereocenters. The van der Waals surface area contributed by atoms with Crippen LogP contribution in [0.3, 0.4) is 0 Å². The smallest absolute Gasteiger partial charge is 0.235 e. The molecule has 2 fully saturated rings. The summed E-state index contributed by atoms with van der Waals surface area (Å²) >= 11 is 2.93. The highest BCUT2D eigenvalue weighted by Gasteiger charge is 2.32. The number of carbonyl (C=O) groups is 2. The molecule has 0 saturated carbocycles. The number of likely N-dealkylation sites (tertiary alicyclic amines) is 2. The molecule has 16 nitrogen and oxygen atoms in total. The van der Waals surface area contributed by atoms with Crippen molar-refractivity contribution in [2.45, 2.75) is 72.4 Å². The molecule has 4 aromatic heterocycles. The molecule has 4 aliphatic heterocycles. The number of methoxy groups -OCH3 is 2. The number of nitrogens with zero attached hydrogens (tertiary/aromatic N) is 6. The topological polar surface area (TPSA) is 199 Å². The predicted octanol–water partition coefficient (Wildman–Crippen LogP) is 5.84. The lowest BCUT2D eigenvalue weighted by molar-refractivity contribution is -0.114. The molecule has 368 valence electrons. The molecule has 6 aromatic rings. The standard InChI is InChI=1S/2C25H28FN5O3S/c2*1-34-16-3-4-20-18(10-16)17(6-8-27-20)22(32)13-31-9-7-21(19(26)12-31)28-11-15-2-5-23-25(29-15)30-24(33)14-35-23/h2*2-6,8,10,19,21-22,28,32H,7,9,11-14H2,1H3,(H,29,30,33)/t19-,21-,22+;19-,21-,22-/m10/s1. The molecule has 0 spiro atoms. The zero-order valence-electron chi connectivity index (χ0n) is 38.8. The SMILES string of the molecule is COc1ccc2nccc([C@@H](O)CN3CC[C@@H](NCc4ccc5c(n4)NC(=O)CS5)[C@H](F)C3)c2c1.COc1ccc2nccc([C@@H](O)CN3CC[C@H](NCc4ccc5c(n4)NC(=O)CS5)[C@@H](F)C3)c2c1. The van der Waals surface area contributed by atoms with E-state index in [2.05, 4.69) is 41.2 Å². The van der Waals surface area contributed by atoms with Gasteiger partial charge in [0, 0.05) is 74.5 Å². The lowest BCUT2D eigenvalue weighted by Crippen LogP contribution is -2.51. The Hall–Kier alpha value is -5.58. The van der Waals surface area contributed by atoms with E-state index in [4.69, 9.17) is 9.47 Å². The second kappa shape index (κ2) is 22.7. The number of alkyl halides is 2. The van der Waals surface area contributed by atoms with Gasteiger partial charge in [0.05, 0.1) is 70.1 Å². The van der Waals surface area contributed by atoms with Gasteiger partial charge < -0.3 is 41.0 Å². The van der Waals surface area contributed by atoms with Gasteiger partial charge in [-0.2, -0.15) is 0 Å². The first-order chi connectivity index (χ1) is 34.0. The number of fused-ring (bicyclic) bond motifs is 4. The second-order valence-electron chi connectivity index (χ2n) is 17.7. The van der Waals surface area contributed by atoms with Crippen LogP contribution in [-0.4, -0.2) is 141 Å². The van der Waals surface area contributed by atoms with Crippen LogP contribution in [0.5, 0.6) is 11.5 Å². The Kier molecular flexibility index (Phi) is 16.0. The van der Waals surface area contributed by atoms with Crippen LogP contribution in [0.15, 0.2) is 95.0 Å². The van der Waals surface area contributed by atoms with E-state index < -0.39 is 24.6 Å². The Morgan fingerprint density at radius 2 is 1.11 bits per heavy atom. The van der Waals surface area contributed by atoms with Crippen LogP contribution in [0.2, 0.25) is 0 Å². The number of β-amino-alcohol motifs (C(OH)–C–C–N with tert-alkyl or cyclic N) is 2. The Bertz CT molecular complexity index is 2650. The molecule has 0 aliphatic carbocycles. The number of hydrogen-bond donors (Lipinski definition) is 6. The molecule has 6 N–H and O–H groups in total. The van der Waals surface area contributed by atoms with Gasteiger partial charge in [-0.15, -0.1) is 23.5 Å². The summed E-state index contributed by atoms with van der Waals surface area (Å²) < 4.78 is 40.7. The maximum Gasteiger partial charge on any atom is 0.235 e. The first-order valence-electron chi connectivity index (χ1n) is 23.3. The summed E-state index contributed by atoms with van der Waals surface area (Å²) in [5.41, 5.74) is 4.60. The van der Waals surface area contributed by atoms with E-state index in [1.54, 1.807) is 38.7 Å². The average molecular weight is 995 g/mol. The molecule has 0 unspecified atom stereocenters. The minimum atomic E-state index is -1.07. The molecule has 2 saturated heterocycles. The van der Waals surface area contributed by atoms with Crippen LogP contribution in [0.1, 0.15) is 47.6 Å². The fourth-order valence-electron chi connectivity index (χ4n) is 9.22. The van der Waals surface area contributed by atoms with Crippen molar-refractivity contribution in [3.63, 3.8) is 0 Å². The molecule has 20 heteroatoms. The highest BCUT2D eigenvalue weighted by molar-refractivity contribution is 8.00. The summed E-state index contributed by atoms with van der Waals surface area (Å²) in [7, 11) is 3.21. The van der Waals surface area contributed by atoms with Gasteiger partial charge in [-0.05, 0) is 110 Å². The minimum Gasteiger partial charge on any atom is -0.497 e. The Balaban J connectivity index is 0.000000174. The lowest BCUT2D eigenvalue weighted by atomic mass is 10.00. The molecular weight excluding hydrogens is 939 g/mol. The van der Waals surface area contributed by atoms with Gasteiger partial charge >= 0.3 is 0 Å². The fraction of sp³-hybridized carbons (Fsp3) is 0.400. The van der Waals surface area contributed by atoms with Gasteiger partial charge in [-0.25, -0.2) is 18.7 Å². The van der Waals surface area contributed by atoms with Gasteiger partial charge in [0.1, 0.15) is 35.5 Å². The number of nitrogens with one attached hydrogen (secondary N) is 4. The van der Waals surface area contributed by atoms with Crippen molar-refractivity contribution in [3.05, 3.63) is 108 Å². The van der Waals surface area contributed by atoms with E-state index in [1.165, 1.54) is 23.5 Å². The van der Waals surface area contributed by atoms with Gasteiger partial charge in [0.15, 0.2) is 0 Å². The number of aliphatic hydroxyl groups is 2. The molecule has 4 aliphatic rings. The van der Waals surface area contributed by atoms with Gasteiger partial charge in [-0.1, -0.05) is 0 Å². The van der Waals surface area contributed by atoms with E-state index in [1.807, 2.05) is 70.5 Å². The number of amides is 2. The van der Waals surface area contributed by atoms with Gasteiger partial charge in [0.2, 0.25) is 11.8 Å².